The fourth-order valence-electron chi connectivity index (χ4n) is 8.60. The molecule has 1 heterocycles. The molecule has 96 heavy (non-hydrogen) atoms. The number of benzene rings is 3. The van der Waals surface area contributed by atoms with Crippen molar-refractivity contribution in [2.75, 3.05) is 198 Å². The van der Waals surface area contributed by atoms with Crippen LogP contribution in [0.3, 0.4) is 0 Å². The van der Waals surface area contributed by atoms with Crippen molar-refractivity contribution in [2.45, 2.75) is 18.1 Å². The number of halogens is 9. The molecule has 12 N–H and O–H groups in total. The Kier molecular flexibility index (Phi) is 44.2. The molecule has 6 amide bonds. The number of ether oxygens (including phenoxy) is 9. The highest BCUT2D eigenvalue weighted by Gasteiger charge is 2.38. The Balaban J connectivity index is 2.01. The summed E-state index contributed by atoms with van der Waals surface area (Å²) in [4.78, 5) is 94.7. The smallest absolute Gasteiger partial charge is 0.256 e. The van der Waals surface area contributed by atoms with Crippen molar-refractivity contribution in [3.05, 3.63) is 65.5 Å². The second-order valence-corrected chi connectivity index (χ2v) is 29.6. The lowest BCUT2D eigenvalue weighted by molar-refractivity contribution is 0.0245. The molecule has 0 aliphatic carbocycles. The molecule has 0 atom stereocenters. The molecule has 1 fully saturated rings. The Morgan fingerprint density at radius 2 is 0.479 bits per heavy atom. The van der Waals surface area contributed by atoms with Gasteiger partial charge >= 0.3 is 0 Å². The molecule has 540 valence electrons. The van der Waals surface area contributed by atoms with Crippen LogP contribution in [0.5, 0.6) is 17.2 Å². The van der Waals surface area contributed by atoms with Crippen molar-refractivity contribution in [1.29, 1.82) is 0 Å². The number of nitrogens with one attached hydrogen (secondary N) is 3. The van der Waals surface area contributed by atoms with Gasteiger partial charge in [-0.3, -0.25) is 28.8 Å². The van der Waals surface area contributed by atoms with Gasteiger partial charge in [0, 0.05) is 50.0 Å². The first kappa shape index (κ1) is 88.2. The molecule has 1 aliphatic heterocycles. The normalized spacial score (nSPS) is 12.9. The number of nitrogens with zero attached hydrogens (tertiary/aromatic N) is 3. The quantitative estimate of drug-likeness (QED) is 0.0281. The van der Waals surface area contributed by atoms with Crippen LogP contribution in [0.25, 0.3) is 0 Å². The minimum atomic E-state index is -1.10. The maximum atomic E-state index is 15.8. The average molecular weight is 2370 g/mol. The topological polar surface area (TPSA) is 413 Å². The number of amides is 6. The van der Waals surface area contributed by atoms with Crippen molar-refractivity contribution in [3.63, 3.8) is 0 Å². The zero-order valence-corrected chi connectivity index (χ0v) is 70.8. The highest BCUT2D eigenvalue weighted by Crippen LogP contribution is 2.42. The summed E-state index contributed by atoms with van der Waals surface area (Å²) in [5.41, 5.74) is -0.181. The summed E-state index contributed by atoms with van der Waals surface area (Å²) in [6, 6.07) is -3.29. The van der Waals surface area contributed by atoms with Crippen LogP contribution in [-0.2, 0) is 28.4 Å². The van der Waals surface area contributed by atoms with E-state index in [1.165, 1.54) is 14.7 Å². The van der Waals surface area contributed by atoms with Crippen LogP contribution in [-0.4, -0.2) is 312 Å². The van der Waals surface area contributed by atoms with E-state index in [2.05, 4.69) is 16.0 Å². The lowest BCUT2D eigenvalue weighted by Gasteiger charge is -2.29. The fourth-order valence-corrected chi connectivity index (χ4v) is 21.9. The van der Waals surface area contributed by atoms with Crippen molar-refractivity contribution < 1.29 is 117 Å². The summed E-state index contributed by atoms with van der Waals surface area (Å²) in [7, 11) is 0. The molecule has 0 unspecified atom stereocenters. The maximum Gasteiger partial charge on any atom is 0.256 e. The van der Waals surface area contributed by atoms with Crippen molar-refractivity contribution >= 4 is 239 Å². The number of aliphatic hydroxyl groups is 9. The third-order valence-corrected chi connectivity index (χ3v) is 22.9. The van der Waals surface area contributed by atoms with E-state index in [4.69, 9.17) is 58.0 Å². The van der Waals surface area contributed by atoms with E-state index in [1.54, 1.807) is 0 Å². The van der Waals surface area contributed by atoms with Crippen LogP contribution in [0.2, 0.25) is 0 Å². The number of hydrogen-bond donors (Lipinski definition) is 12. The lowest BCUT2D eigenvalue weighted by atomic mass is 10.1. The molecule has 3 aromatic carbocycles. The minimum absolute atomic E-state index is 0.0237. The van der Waals surface area contributed by atoms with Crippen LogP contribution in [0.4, 0.5) is 0 Å². The Bertz CT molecular complexity index is 2720. The van der Waals surface area contributed by atoms with Gasteiger partial charge in [-0.1, -0.05) is 0 Å². The van der Waals surface area contributed by atoms with E-state index >= 15 is 14.4 Å². The summed E-state index contributed by atoms with van der Waals surface area (Å²) in [5, 5.41) is 95.3. The van der Waals surface area contributed by atoms with E-state index in [1.807, 2.05) is 203 Å². The molecule has 39 heteroatoms. The number of hydrogen-bond acceptors (Lipinski definition) is 24. The van der Waals surface area contributed by atoms with E-state index in [-0.39, 0.29) is 241 Å². The van der Waals surface area contributed by atoms with Crippen molar-refractivity contribution in [1.82, 2.24) is 30.7 Å². The highest BCUT2D eigenvalue weighted by atomic mass is 127. The molecule has 0 radical (unpaired) electrons. The summed E-state index contributed by atoms with van der Waals surface area (Å²) in [5.74, 6) is -4.02. The van der Waals surface area contributed by atoms with Gasteiger partial charge in [-0.15, -0.1) is 0 Å². The van der Waals surface area contributed by atoms with Gasteiger partial charge in [-0.25, -0.2) is 0 Å². The van der Waals surface area contributed by atoms with E-state index < -0.39 is 93.2 Å². The number of carbonyl (C=O) groups is 6. The van der Waals surface area contributed by atoms with Gasteiger partial charge in [0.25, 0.3) is 35.4 Å². The average Bonchev–Trinajstić information content (AvgIpc) is 0.837. The summed E-state index contributed by atoms with van der Waals surface area (Å²) in [6.45, 7) is -4.37. The minimum Gasteiger partial charge on any atom is -0.489 e. The van der Waals surface area contributed by atoms with Gasteiger partial charge in [0.2, 0.25) is 0 Å². The van der Waals surface area contributed by atoms with Crippen LogP contribution in [0, 0.1) is 32.1 Å². The monoisotopic (exact) mass is 2370 g/mol. The van der Waals surface area contributed by atoms with Crippen molar-refractivity contribution in [3.8, 4) is 17.2 Å². The molecule has 3 aromatic rings. The molecular formula is C57H75I9N6O24. The molecule has 0 bridgehead atoms. The van der Waals surface area contributed by atoms with Gasteiger partial charge in [0.15, 0.2) is 0 Å². The first-order chi connectivity index (χ1) is 46.1. The van der Waals surface area contributed by atoms with E-state index in [9.17, 15) is 45.0 Å². The fraction of sp³-hybridized carbons (Fsp3) is 0.579. The predicted octanol–water partition coefficient (Wildman–Crippen LogP) is 1.33. The van der Waals surface area contributed by atoms with Gasteiger partial charge in [-0.05, 0) is 203 Å². The summed E-state index contributed by atoms with van der Waals surface area (Å²) < 4.78 is 53.8. The van der Waals surface area contributed by atoms with Gasteiger partial charge in [0.1, 0.15) is 37.1 Å². The predicted molar refractivity (Wildman–Crippen MR) is 420 cm³/mol. The van der Waals surface area contributed by atoms with Crippen LogP contribution in [0.15, 0.2) is 0 Å². The second-order valence-electron chi connectivity index (χ2n) is 19.9. The molecule has 30 nitrogen and oxygen atoms in total. The molecule has 0 saturated carbocycles. The molecule has 1 saturated heterocycles. The Hall–Kier alpha value is -0.150. The number of carbonyl (C=O) groups excluding carboxylic acids is 6. The standard InChI is InChI=1S/C57H75I9N6O24/c58-40-34(52(82)67-31(25-76)26-77)43(61)49(94-22-19-91-16-13-88-10-7-73)46(64)37(40)55(85)70-1-2-71(56(86)38-41(59)35(53(83)68-32(27-78)28-79)44(62)50(47(38)65)95-23-20-92-17-14-89-11-8-74)5-6-72(4-3-70)57(87)39-42(60)36(54(84)69-33(29-80)30-81)45(63)51(48(39)66)96-24-21-93-18-15-90-12-9-75/h31-33,73-81H,1-30H2,(H,67,82)(H,68,83)(H,69,84). The Labute approximate surface area is 676 Å². The van der Waals surface area contributed by atoms with Crippen molar-refractivity contribution in [2.24, 2.45) is 0 Å². The number of aliphatic hydroxyl groups excluding tert-OH is 9. The van der Waals surface area contributed by atoms with Crippen LogP contribution < -0.4 is 30.2 Å². The zero-order chi connectivity index (χ0) is 71.0. The largest absolute Gasteiger partial charge is 0.489 e. The van der Waals surface area contributed by atoms with E-state index in [0.29, 0.717) is 0 Å². The van der Waals surface area contributed by atoms with Crippen LogP contribution in [0.1, 0.15) is 62.1 Å². The first-order valence-electron chi connectivity index (χ1n) is 29.3. The third-order valence-electron chi connectivity index (χ3n) is 13.5. The van der Waals surface area contributed by atoms with Gasteiger partial charge < -0.3 is 119 Å². The summed E-state index contributed by atoms with van der Waals surface area (Å²) >= 11 is 17.2. The second kappa shape index (κ2) is 48.1. The maximum absolute atomic E-state index is 15.8. The van der Waals surface area contributed by atoms with Gasteiger partial charge in [0.05, 0.1) is 212 Å². The molecule has 1 aliphatic rings. The van der Waals surface area contributed by atoms with Gasteiger partial charge in [-0.2, -0.15) is 0 Å². The molecular weight excluding hydrogens is 2290 g/mol. The molecule has 0 spiro atoms. The zero-order valence-electron chi connectivity index (χ0n) is 51.3. The Morgan fingerprint density at radius 1 is 0.292 bits per heavy atom. The highest BCUT2D eigenvalue weighted by molar-refractivity contribution is 14.1. The Morgan fingerprint density at radius 3 is 0.677 bits per heavy atom. The molecule has 0 aromatic heterocycles. The first-order valence-corrected chi connectivity index (χ1v) is 39.1. The summed E-state index contributed by atoms with van der Waals surface area (Å²) in [6.07, 6.45) is 0. The third kappa shape index (κ3) is 25.9. The lowest BCUT2D eigenvalue weighted by Crippen LogP contribution is -2.43. The SMILES string of the molecule is O=C(NC(CO)CO)c1c(I)c(OCCOCCOCCO)c(I)c(C(=O)N2CCN(C(=O)c3c(I)c(OCCOCCOCCO)c(I)c(C(=O)NC(CO)CO)c3I)CCN(C(=O)c3c(I)c(OCCOCCOCCO)c(I)c(C(=O)NC(CO)CO)c3I)CC2)c1I. The number of rotatable bonds is 42. The molecule has 4 rings (SSSR count). The van der Waals surface area contributed by atoms with E-state index in [0.717, 1.165) is 0 Å². The van der Waals surface area contributed by atoms with Crippen LogP contribution >= 0.6 is 203 Å².